The second-order valence-electron chi connectivity index (χ2n) is 16.6. The van der Waals surface area contributed by atoms with Crippen LogP contribution in [0.25, 0.3) is 5.57 Å². The van der Waals surface area contributed by atoms with Crippen LogP contribution in [0.2, 0.25) is 0 Å². The molecule has 2 aliphatic heterocycles. The number of para-hydroxylation sites is 1. The lowest BCUT2D eigenvalue weighted by Crippen LogP contribution is -2.28. The number of benzene rings is 3. The number of rotatable bonds is 16. The zero-order valence-corrected chi connectivity index (χ0v) is 40.1. The van der Waals surface area contributed by atoms with Crippen molar-refractivity contribution >= 4 is 69.4 Å². The van der Waals surface area contributed by atoms with Crippen LogP contribution in [0.1, 0.15) is 86.6 Å². The number of carbonyl (C=O) groups excluding carboxylic acids is 1. The van der Waals surface area contributed by atoms with E-state index in [1.165, 1.54) is 36.0 Å². The van der Waals surface area contributed by atoms with Crippen LogP contribution in [-0.4, -0.2) is 87.0 Å². The lowest BCUT2D eigenvalue weighted by molar-refractivity contribution is -0.438. The van der Waals surface area contributed by atoms with Gasteiger partial charge in [-0.15, -0.1) is 12.6 Å². The number of anilines is 1. The largest absolute Gasteiger partial charge is 0.425 e. The van der Waals surface area contributed by atoms with E-state index < -0.39 is 57.9 Å². The van der Waals surface area contributed by atoms with Crippen LogP contribution in [0.4, 0.5) is 11.4 Å². The zero-order chi connectivity index (χ0) is 48.8. The first kappa shape index (κ1) is 51.3. The van der Waals surface area contributed by atoms with Gasteiger partial charge in [-0.25, -0.2) is 13.6 Å². The summed E-state index contributed by atoms with van der Waals surface area (Å²) in [6.45, 7) is 11.4. The molecule has 6 rings (SSSR count). The van der Waals surface area contributed by atoms with Crippen molar-refractivity contribution in [2.45, 2.75) is 81.0 Å². The number of nitrogens with one attached hydrogen (secondary N) is 1. The van der Waals surface area contributed by atoms with Crippen molar-refractivity contribution in [2.75, 3.05) is 23.7 Å². The Kier molecular flexibility index (Phi) is 15.9. The number of nitrogens with two attached hydrogens (primary N) is 1. The summed E-state index contributed by atoms with van der Waals surface area (Å²) in [4.78, 5) is 19.5. The van der Waals surface area contributed by atoms with Gasteiger partial charge in [0.2, 0.25) is 15.7 Å². The second-order valence-corrected chi connectivity index (χ2v) is 21.6. The lowest BCUT2D eigenvalue weighted by Gasteiger charge is -2.27. The van der Waals surface area contributed by atoms with Gasteiger partial charge in [-0.05, 0) is 86.0 Å². The Morgan fingerprint density at radius 2 is 1.52 bits per heavy atom. The number of carbonyl (C=O) groups is 1. The van der Waals surface area contributed by atoms with Crippen molar-refractivity contribution in [3.8, 4) is 0 Å². The minimum atomic E-state index is -4.54. The average molecular weight is 983 g/mol. The summed E-state index contributed by atoms with van der Waals surface area (Å²) in [6.07, 6.45) is 11.3. The molecular formula is C45H52N5O12S4+. The molecule has 0 fully saturated rings. The molecule has 1 aromatic heterocycles. The number of hydrogen-bond donors (Lipinski definition) is 4. The lowest BCUT2D eigenvalue weighted by atomic mass is 9.81. The monoisotopic (exact) mass is 982 g/mol. The molecule has 0 bridgehead atoms. The van der Waals surface area contributed by atoms with Crippen molar-refractivity contribution in [1.29, 1.82) is 0 Å². The zero-order valence-electron chi connectivity index (χ0n) is 36.9. The van der Waals surface area contributed by atoms with Crippen molar-refractivity contribution in [1.82, 2.24) is 10.3 Å². The highest BCUT2D eigenvalue weighted by Crippen LogP contribution is 2.49. The fourth-order valence-electron chi connectivity index (χ4n) is 8.00. The third-order valence-corrected chi connectivity index (χ3v) is 13.9. The fraction of sp³-hybridized carbons (Fsp3) is 0.311. The van der Waals surface area contributed by atoms with E-state index in [1.807, 2.05) is 49.1 Å². The van der Waals surface area contributed by atoms with Crippen LogP contribution in [-0.2, 0) is 58.2 Å². The van der Waals surface area contributed by atoms with Gasteiger partial charge in [-0.1, -0.05) is 63.6 Å². The van der Waals surface area contributed by atoms with Gasteiger partial charge in [0.1, 0.15) is 6.54 Å². The maximum absolute atomic E-state index is 13.3. The van der Waals surface area contributed by atoms with Gasteiger partial charge in [0.15, 0.2) is 5.71 Å². The average Bonchev–Trinajstić information content (AvgIpc) is 3.58. The molecule has 5 N–H and O–H groups in total. The first-order valence-electron chi connectivity index (χ1n) is 20.6. The van der Waals surface area contributed by atoms with E-state index in [1.54, 1.807) is 30.3 Å². The summed E-state index contributed by atoms with van der Waals surface area (Å²) in [5.74, 6) is -0.884. The van der Waals surface area contributed by atoms with Crippen LogP contribution >= 0.6 is 0 Å². The van der Waals surface area contributed by atoms with Crippen molar-refractivity contribution in [2.24, 2.45) is 5.14 Å². The minimum Gasteiger partial charge on any atom is -0.348 e. The maximum atomic E-state index is 13.3. The summed E-state index contributed by atoms with van der Waals surface area (Å²) >= 11 is 0. The van der Waals surface area contributed by atoms with Gasteiger partial charge >= 0.3 is 10.6 Å². The number of allylic oxidation sites excluding steroid dienone is 6. The molecule has 4 aromatic rings. The first-order valence-corrected chi connectivity index (χ1v) is 26.2. The number of sulfonamides is 1. The number of pyridine rings is 1. The van der Waals surface area contributed by atoms with E-state index in [-0.39, 0.29) is 40.3 Å². The highest BCUT2D eigenvalue weighted by Gasteiger charge is 2.44. The Hall–Kier alpha value is -5.68. The number of unbranched alkanes of at least 4 members (excludes halogenated alkanes) is 1. The Morgan fingerprint density at radius 1 is 0.864 bits per heavy atom. The predicted octanol–water partition coefficient (Wildman–Crippen LogP) is 5.68. The first-order chi connectivity index (χ1) is 30.8. The third-order valence-electron chi connectivity index (χ3n) is 11.3. The Balaban J connectivity index is 0.00000196. The van der Waals surface area contributed by atoms with Crippen molar-refractivity contribution in [3.63, 3.8) is 0 Å². The molecule has 21 heteroatoms. The summed E-state index contributed by atoms with van der Waals surface area (Å²) in [7, 11) is -15.8. The van der Waals surface area contributed by atoms with E-state index in [0.717, 1.165) is 30.8 Å². The standard InChI is InChI=1S/C45H51N5O9S3.O3S/c1-6-7-25-49-39-12-9-8-11-36(39)44(2,3)41(49)23-16-32(38-21-15-33(30-47-38)43(51)48-29-31-13-18-34(19-14-31)61(46,55)56)17-24-42-45(4,5)37-28-35(62(57,58)59)20-22-40(37)50(42)26-10-27-60(52,53)54;1-4(2)3/h8-9,11-24,28,30H,6-7,10,25-27,29H2,1-5H3,(H4-,46,48,51,52,53,54,55,56,57,58,59);/p+1. The summed E-state index contributed by atoms with van der Waals surface area (Å²) in [5.41, 5.74) is 6.30. The summed E-state index contributed by atoms with van der Waals surface area (Å²) < 4.78 is 118. The van der Waals surface area contributed by atoms with Gasteiger partial charge in [0.05, 0.1) is 32.2 Å². The Morgan fingerprint density at radius 3 is 2.11 bits per heavy atom. The SMILES string of the molecule is CCCC[N+]1=C(/C=C/C(=C/C=C2/N(CCCS(=O)(=O)O)c3ccc(S(=O)(=O)O)cc3C2(C)C)c2ccc(C(=O)NCc3ccc(S(N)(=O)=O)cc3)cn2)C(C)(C)c2ccccc21.O=S(=O)=O. The molecule has 0 unspecified atom stereocenters. The van der Waals surface area contributed by atoms with Crippen molar-refractivity contribution in [3.05, 3.63) is 143 Å². The predicted molar refractivity (Wildman–Crippen MR) is 250 cm³/mol. The fourth-order valence-corrected chi connectivity index (χ4v) is 9.52. The van der Waals surface area contributed by atoms with Gasteiger partial charge in [0, 0.05) is 65.8 Å². The number of primary sulfonamides is 1. The van der Waals surface area contributed by atoms with E-state index >= 15 is 0 Å². The van der Waals surface area contributed by atoms with E-state index in [4.69, 9.17) is 22.7 Å². The molecule has 0 saturated carbocycles. The number of amides is 1. The maximum Gasteiger partial charge on any atom is 0.425 e. The van der Waals surface area contributed by atoms with Crippen LogP contribution in [0, 0.1) is 0 Å². The van der Waals surface area contributed by atoms with Gasteiger partial charge in [0.25, 0.3) is 26.1 Å². The summed E-state index contributed by atoms with van der Waals surface area (Å²) in [5, 5.41) is 8.03. The topological polar surface area (TPSA) is 268 Å². The molecule has 2 aliphatic rings. The molecule has 1 amide bonds. The van der Waals surface area contributed by atoms with Crippen LogP contribution in [0.5, 0.6) is 0 Å². The molecule has 3 heterocycles. The molecule has 17 nitrogen and oxygen atoms in total. The van der Waals surface area contributed by atoms with Crippen molar-refractivity contribution < 1.29 is 56.4 Å². The molecule has 0 spiro atoms. The molecule has 66 heavy (non-hydrogen) atoms. The molecule has 0 saturated heterocycles. The molecular weight excluding hydrogens is 931 g/mol. The molecule has 0 aliphatic carbocycles. The smallest absolute Gasteiger partial charge is 0.348 e. The van der Waals surface area contributed by atoms with E-state index in [2.05, 4.69) is 48.9 Å². The number of aromatic nitrogens is 1. The number of hydrogen-bond acceptors (Lipinski definition) is 12. The highest BCUT2D eigenvalue weighted by molar-refractivity contribution is 7.89. The van der Waals surface area contributed by atoms with Crippen LogP contribution in [0.15, 0.2) is 125 Å². The third kappa shape index (κ3) is 12.4. The van der Waals surface area contributed by atoms with E-state index in [9.17, 15) is 39.2 Å². The minimum absolute atomic E-state index is 0.0359. The van der Waals surface area contributed by atoms with Crippen LogP contribution in [0.3, 0.4) is 0 Å². The molecule has 3 aromatic carbocycles. The van der Waals surface area contributed by atoms with Gasteiger partial charge in [-0.2, -0.15) is 21.4 Å². The number of fused-ring (bicyclic) bond motifs is 2. The Labute approximate surface area is 387 Å². The normalized spacial score (nSPS) is 16.2. The molecule has 352 valence electrons. The number of nitrogens with zero attached hydrogens (tertiary/aromatic N) is 3. The van der Waals surface area contributed by atoms with Crippen LogP contribution < -0.4 is 15.4 Å². The second kappa shape index (κ2) is 20.5. The quantitative estimate of drug-likeness (QED) is 0.0598. The molecule has 0 atom stereocenters. The van der Waals surface area contributed by atoms with Gasteiger partial charge < -0.3 is 10.2 Å². The highest BCUT2D eigenvalue weighted by atomic mass is 32.2. The van der Waals surface area contributed by atoms with Gasteiger partial charge in [-0.3, -0.25) is 18.9 Å². The Bertz CT molecular complexity index is 3080. The molecule has 0 radical (unpaired) electrons. The van der Waals surface area contributed by atoms with E-state index in [0.29, 0.717) is 33.8 Å². The summed E-state index contributed by atoms with van der Waals surface area (Å²) in [6, 6.07) is 21.9.